The normalized spacial score (nSPS) is 13.2. The smallest absolute Gasteiger partial charge is 0.0906 e. The van der Waals surface area contributed by atoms with Gasteiger partial charge in [-0.1, -0.05) is 0 Å². The summed E-state index contributed by atoms with van der Waals surface area (Å²) in [5.41, 5.74) is 10.5. The molecule has 18 heavy (non-hydrogen) atoms. The van der Waals surface area contributed by atoms with Crippen LogP contribution in [0, 0.1) is 10.8 Å². The van der Waals surface area contributed by atoms with E-state index in [0.29, 0.717) is 12.8 Å². The minimum absolute atomic E-state index is 0. The highest BCUT2D eigenvalue weighted by molar-refractivity contribution is 5.85. The topological polar surface area (TPSA) is 124 Å². The van der Waals surface area contributed by atoms with Gasteiger partial charge in [-0.3, -0.25) is 10.8 Å². The predicted octanol–water partition coefficient (Wildman–Crippen LogP) is 2.49. The van der Waals surface area contributed by atoms with Crippen molar-refractivity contribution in [2.24, 2.45) is 21.7 Å². The van der Waals surface area contributed by atoms with E-state index in [1.165, 1.54) is 0 Å². The van der Waals surface area contributed by atoms with Crippen LogP contribution in [-0.2, 0) is 0 Å². The van der Waals surface area contributed by atoms with Gasteiger partial charge in [0.15, 0.2) is 0 Å². The Balaban J connectivity index is -0.00000112. The number of nitrogens with zero attached hydrogens (tertiary/aromatic N) is 2. The molecule has 0 spiro atoms. The molecule has 0 radical (unpaired) electrons. The van der Waals surface area contributed by atoms with E-state index in [1.54, 1.807) is 0 Å². The van der Waals surface area contributed by atoms with Crippen LogP contribution in [-0.4, -0.2) is 23.8 Å². The van der Waals surface area contributed by atoms with E-state index in [1.807, 2.05) is 13.8 Å². The van der Waals surface area contributed by atoms with Crippen LogP contribution >= 0.6 is 24.8 Å². The number of halogens is 2. The number of rotatable bonds is 8. The van der Waals surface area contributed by atoms with Crippen molar-refractivity contribution in [3.05, 3.63) is 0 Å². The third kappa shape index (κ3) is 15.1. The van der Waals surface area contributed by atoms with Crippen molar-refractivity contribution in [1.82, 2.24) is 0 Å². The maximum atomic E-state index is 7.09. The lowest BCUT2D eigenvalue weighted by molar-refractivity contribution is 0.578. The van der Waals surface area contributed by atoms with Crippen LogP contribution in [0.25, 0.3) is 0 Å². The lowest BCUT2D eigenvalue weighted by atomic mass is 10.2. The van der Waals surface area contributed by atoms with Crippen LogP contribution in [0.5, 0.6) is 0 Å². The van der Waals surface area contributed by atoms with Crippen molar-refractivity contribution in [1.29, 1.82) is 10.8 Å². The third-order valence-electron chi connectivity index (χ3n) is 2.12. The number of nitrogens with two attached hydrogens (primary N) is 2. The molecule has 0 aliphatic rings. The van der Waals surface area contributed by atoms with Crippen molar-refractivity contribution in [2.75, 3.05) is 0 Å². The molecule has 0 heterocycles. The summed E-state index contributed by atoms with van der Waals surface area (Å²) in [6.07, 6.45) is 2.61. The molecule has 2 unspecified atom stereocenters. The molecule has 2 atom stereocenters. The summed E-state index contributed by atoms with van der Waals surface area (Å²) >= 11 is 0. The minimum atomic E-state index is 0. The van der Waals surface area contributed by atoms with Gasteiger partial charge in [0, 0.05) is 12.8 Å². The van der Waals surface area contributed by atoms with Gasteiger partial charge in [0.2, 0.25) is 0 Å². The van der Waals surface area contributed by atoms with E-state index >= 15 is 0 Å². The summed E-state index contributed by atoms with van der Waals surface area (Å²) in [6.45, 7) is 3.90. The Morgan fingerprint density at radius 3 is 1.39 bits per heavy atom. The summed E-state index contributed by atoms with van der Waals surface area (Å²) in [5, 5.41) is 22.4. The van der Waals surface area contributed by atoms with Gasteiger partial charge in [-0.2, -0.15) is 10.2 Å². The maximum absolute atomic E-state index is 7.09. The largest absolute Gasteiger partial charge is 0.388 e. The first kappa shape index (κ1) is 22.3. The van der Waals surface area contributed by atoms with Crippen LogP contribution < -0.4 is 11.5 Å². The molecule has 0 aliphatic carbocycles. The van der Waals surface area contributed by atoms with Crippen molar-refractivity contribution >= 4 is 36.5 Å². The van der Waals surface area contributed by atoms with E-state index < -0.39 is 0 Å². The molecule has 6 N–H and O–H groups in total. The lowest BCUT2D eigenvalue weighted by Gasteiger charge is -2.07. The monoisotopic (exact) mass is 298 g/mol. The number of nitrogens with one attached hydrogen (secondary N) is 2. The Labute approximate surface area is 121 Å². The van der Waals surface area contributed by atoms with Gasteiger partial charge in [-0.15, -0.1) is 24.8 Å². The SMILES string of the molecule is CC(CCC(=N)N)N=NC(C)CCC(=N)N.Cl.Cl. The quantitative estimate of drug-likeness (QED) is 0.312. The van der Waals surface area contributed by atoms with Crippen LogP contribution in [0.1, 0.15) is 39.5 Å². The molecule has 108 valence electrons. The van der Waals surface area contributed by atoms with E-state index in [2.05, 4.69) is 10.2 Å². The molecule has 0 aromatic carbocycles. The second kappa shape index (κ2) is 12.6. The highest BCUT2D eigenvalue weighted by atomic mass is 35.5. The molecule has 0 aromatic heterocycles. The number of amidine groups is 2. The van der Waals surface area contributed by atoms with E-state index in [-0.39, 0.29) is 48.6 Å². The first-order valence-corrected chi connectivity index (χ1v) is 5.47. The Morgan fingerprint density at radius 1 is 0.889 bits per heavy atom. The fourth-order valence-corrected chi connectivity index (χ4v) is 1.07. The zero-order chi connectivity index (χ0) is 12.6. The molecule has 0 saturated carbocycles. The highest BCUT2D eigenvalue weighted by Gasteiger charge is 2.03. The molecule has 0 aliphatic heterocycles. The molecule has 0 fully saturated rings. The van der Waals surface area contributed by atoms with Gasteiger partial charge in [-0.05, 0) is 26.7 Å². The van der Waals surface area contributed by atoms with Gasteiger partial charge in [-0.25, -0.2) is 0 Å². The minimum Gasteiger partial charge on any atom is -0.388 e. The predicted molar refractivity (Wildman–Crippen MR) is 80.6 cm³/mol. The van der Waals surface area contributed by atoms with Crippen LogP contribution in [0.2, 0.25) is 0 Å². The fourth-order valence-electron chi connectivity index (χ4n) is 1.07. The van der Waals surface area contributed by atoms with Crippen molar-refractivity contribution in [2.45, 2.75) is 51.6 Å². The average molecular weight is 299 g/mol. The standard InChI is InChI=1S/C10H22N6.2ClH/c1-7(3-5-9(11)12)15-16-8(2)4-6-10(13)14;;/h7-8H,3-6H2,1-2H3,(H3,11,12)(H3,13,14);2*1H. The summed E-state index contributed by atoms with van der Waals surface area (Å²) in [6, 6.07) is 0.173. The number of hydrogen-bond acceptors (Lipinski definition) is 4. The van der Waals surface area contributed by atoms with E-state index in [0.717, 1.165) is 12.8 Å². The molecular formula is C10H24Cl2N6. The Morgan fingerprint density at radius 2 is 1.17 bits per heavy atom. The zero-order valence-electron chi connectivity index (χ0n) is 10.8. The maximum Gasteiger partial charge on any atom is 0.0906 e. The second-order valence-electron chi connectivity index (χ2n) is 4.06. The second-order valence-corrected chi connectivity index (χ2v) is 4.06. The summed E-state index contributed by atoms with van der Waals surface area (Å²) in [5.74, 6) is 0.373. The van der Waals surface area contributed by atoms with Crippen molar-refractivity contribution < 1.29 is 0 Å². The van der Waals surface area contributed by atoms with Gasteiger partial charge < -0.3 is 11.5 Å². The summed E-state index contributed by atoms with van der Waals surface area (Å²) in [4.78, 5) is 0. The van der Waals surface area contributed by atoms with Crippen LogP contribution in [0.4, 0.5) is 0 Å². The third-order valence-corrected chi connectivity index (χ3v) is 2.12. The van der Waals surface area contributed by atoms with Crippen LogP contribution in [0.15, 0.2) is 10.2 Å². The Hall–Kier alpha value is -0.880. The molecule has 8 heteroatoms. The van der Waals surface area contributed by atoms with Gasteiger partial charge in [0.25, 0.3) is 0 Å². The average Bonchev–Trinajstić information content (AvgIpc) is 2.20. The summed E-state index contributed by atoms with van der Waals surface area (Å²) < 4.78 is 0. The first-order valence-electron chi connectivity index (χ1n) is 5.47. The molecule has 0 bridgehead atoms. The van der Waals surface area contributed by atoms with Gasteiger partial charge in [0.05, 0.1) is 23.8 Å². The molecular weight excluding hydrogens is 275 g/mol. The van der Waals surface area contributed by atoms with E-state index in [4.69, 9.17) is 22.3 Å². The van der Waals surface area contributed by atoms with Gasteiger partial charge in [0.1, 0.15) is 0 Å². The molecule has 0 amide bonds. The highest BCUT2D eigenvalue weighted by Crippen LogP contribution is 2.06. The summed E-state index contributed by atoms with van der Waals surface area (Å²) in [7, 11) is 0. The van der Waals surface area contributed by atoms with Crippen molar-refractivity contribution in [3.8, 4) is 0 Å². The fraction of sp³-hybridized carbons (Fsp3) is 0.800. The number of hydrogen-bond donors (Lipinski definition) is 4. The first-order chi connectivity index (χ1) is 7.41. The molecule has 0 aromatic rings. The van der Waals surface area contributed by atoms with E-state index in [9.17, 15) is 0 Å². The zero-order valence-corrected chi connectivity index (χ0v) is 12.5. The molecule has 0 rings (SSSR count). The van der Waals surface area contributed by atoms with Crippen LogP contribution in [0.3, 0.4) is 0 Å². The molecule has 6 nitrogen and oxygen atoms in total. The van der Waals surface area contributed by atoms with Gasteiger partial charge >= 0.3 is 0 Å². The molecule has 0 saturated heterocycles. The van der Waals surface area contributed by atoms with Crippen molar-refractivity contribution in [3.63, 3.8) is 0 Å². The Kier molecular flexibility index (Phi) is 15.6. The Bertz CT molecular complexity index is 243. The number of azo groups is 1. The lowest BCUT2D eigenvalue weighted by Crippen LogP contribution is -2.13.